The molecule has 0 spiro atoms. The summed E-state index contributed by atoms with van der Waals surface area (Å²) in [5, 5.41) is 14.0. The van der Waals surface area contributed by atoms with Crippen LogP contribution in [-0.2, 0) is 0 Å². The van der Waals surface area contributed by atoms with Gasteiger partial charge in [0.2, 0.25) is 0 Å². The quantitative estimate of drug-likeness (QED) is 0.344. The number of phenolic OH excluding ortho intramolecular Hbond substituents is 1. The average molecular weight is 514 g/mol. The van der Waals surface area contributed by atoms with E-state index in [-0.39, 0.29) is 23.6 Å². The van der Waals surface area contributed by atoms with E-state index in [0.29, 0.717) is 0 Å². The summed E-state index contributed by atoms with van der Waals surface area (Å²) in [4.78, 5) is 18.1. The van der Waals surface area contributed by atoms with Crippen LogP contribution in [0.15, 0.2) is 90.0 Å². The van der Waals surface area contributed by atoms with Crippen LogP contribution < -0.4 is 20.2 Å². The minimum atomic E-state index is -0.207. The van der Waals surface area contributed by atoms with Gasteiger partial charge in [-0.25, -0.2) is 14.0 Å². The smallest absolute Gasteiger partial charge is 0.350 e. The first-order chi connectivity index (χ1) is 18.5. The molecule has 0 bridgehead atoms. The highest BCUT2D eigenvalue weighted by Gasteiger charge is 2.24. The Morgan fingerprint density at radius 1 is 0.842 bits per heavy atom. The molecule has 2 heterocycles. The second-order valence-electron chi connectivity index (χ2n) is 9.73. The molecule has 8 nitrogen and oxygen atoms in total. The third-order valence-corrected chi connectivity index (χ3v) is 7.19. The normalized spacial score (nSPS) is 15.3. The van der Waals surface area contributed by atoms with Crippen molar-refractivity contribution in [3.8, 4) is 17.2 Å². The van der Waals surface area contributed by atoms with Gasteiger partial charge in [-0.1, -0.05) is 31.5 Å². The molecular formula is C30H35N5O3. The number of phenols is 1. The molecule has 198 valence electrons. The predicted octanol–water partition coefficient (Wildman–Crippen LogP) is 4.87. The van der Waals surface area contributed by atoms with Gasteiger partial charge < -0.3 is 19.6 Å². The first-order valence-corrected chi connectivity index (χ1v) is 13.3. The Morgan fingerprint density at radius 3 is 1.97 bits per heavy atom. The number of aromatic hydroxyl groups is 1. The highest BCUT2D eigenvalue weighted by atomic mass is 16.5. The topological polar surface area (TPSA) is 75.8 Å². The lowest BCUT2D eigenvalue weighted by Gasteiger charge is -2.37. The van der Waals surface area contributed by atoms with Gasteiger partial charge in [0.15, 0.2) is 0 Å². The molecule has 8 heteroatoms. The molecule has 2 atom stereocenters. The zero-order valence-electron chi connectivity index (χ0n) is 22.0. The summed E-state index contributed by atoms with van der Waals surface area (Å²) in [5.41, 5.74) is 2.88. The van der Waals surface area contributed by atoms with Gasteiger partial charge >= 0.3 is 5.69 Å². The number of para-hydroxylation sites is 1. The van der Waals surface area contributed by atoms with E-state index in [1.165, 1.54) is 0 Å². The van der Waals surface area contributed by atoms with Crippen LogP contribution in [0, 0.1) is 0 Å². The zero-order chi connectivity index (χ0) is 26.5. The number of hydrogen-bond acceptors (Lipinski definition) is 6. The fourth-order valence-electron chi connectivity index (χ4n) is 5.08. The Balaban J connectivity index is 1.26. The van der Waals surface area contributed by atoms with Gasteiger partial charge in [0.1, 0.15) is 23.9 Å². The van der Waals surface area contributed by atoms with Gasteiger partial charge in [-0.05, 0) is 74.0 Å². The van der Waals surface area contributed by atoms with Crippen molar-refractivity contribution in [1.29, 1.82) is 0 Å². The minimum absolute atomic E-state index is 0.165. The summed E-state index contributed by atoms with van der Waals surface area (Å²) in [5.74, 6) is 1.07. The van der Waals surface area contributed by atoms with E-state index >= 15 is 0 Å². The van der Waals surface area contributed by atoms with Gasteiger partial charge in [0.05, 0.1) is 11.7 Å². The highest BCUT2D eigenvalue weighted by molar-refractivity contribution is 5.54. The molecule has 1 aliphatic heterocycles. The van der Waals surface area contributed by atoms with Crippen LogP contribution in [0.1, 0.15) is 32.7 Å². The summed E-state index contributed by atoms with van der Waals surface area (Å²) in [6.07, 6.45) is 3.10. The summed E-state index contributed by atoms with van der Waals surface area (Å²) in [6, 6.07) is 25.0. The van der Waals surface area contributed by atoms with E-state index in [1.807, 2.05) is 61.5 Å². The van der Waals surface area contributed by atoms with Crippen molar-refractivity contribution >= 4 is 11.4 Å². The fourth-order valence-corrected chi connectivity index (χ4v) is 5.08. The van der Waals surface area contributed by atoms with Gasteiger partial charge in [-0.15, -0.1) is 0 Å². The van der Waals surface area contributed by atoms with Gasteiger partial charge in [0.25, 0.3) is 0 Å². The van der Waals surface area contributed by atoms with Crippen LogP contribution in [-0.4, -0.2) is 51.7 Å². The van der Waals surface area contributed by atoms with Crippen LogP contribution in [0.25, 0.3) is 5.69 Å². The zero-order valence-corrected chi connectivity index (χ0v) is 22.0. The maximum Gasteiger partial charge on any atom is 0.350 e. The maximum absolute atomic E-state index is 13.4. The van der Waals surface area contributed by atoms with E-state index in [0.717, 1.165) is 61.8 Å². The molecule has 5 rings (SSSR count). The molecule has 1 aromatic heterocycles. The molecule has 1 fully saturated rings. The molecule has 3 aromatic carbocycles. The number of rotatable bonds is 9. The molecule has 1 aliphatic rings. The molecular weight excluding hydrogens is 478 g/mol. The highest BCUT2D eigenvalue weighted by Crippen LogP contribution is 2.24. The molecule has 0 aliphatic carbocycles. The first kappa shape index (κ1) is 25.4. The summed E-state index contributed by atoms with van der Waals surface area (Å²) in [6.45, 7) is 7.70. The van der Waals surface area contributed by atoms with Gasteiger partial charge in [-0.3, -0.25) is 0 Å². The fraction of sp³-hybridized carbons (Fsp3) is 0.333. The van der Waals surface area contributed by atoms with Crippen LogP contribution >= 0.6 is 0 Å². The van der Waals surface area contributed by atoms with Gasteiger partial charge in [-0.2, -0.15) is 5.10 Å². The number of hydrogen-bond donors (Lipinski definition) is 1. The van der Waals surface area contributed by atoms with E-state index in [4.69, 9.17) is 4.74 Å². The van der Waals surface area contributed by atoms with E-state index in [2.05, 4.69) is 34.0 Å². The molecule has 4 aromatic rings. The predicted molar refractivity (Wildman–Crippen MR) is 151 cm³/mol. The third kappa shape index (κ3) is 5.54. The first-order valence-electron chi connectivity index (χ1n) is 13.3. The van der Waals surface area contributed by atoms with Crippen molar-refractivity contribution in [2.45, 2.75) is 38.8 Å². The van der Waals surface area contributed by atoms with Crippen LogP contribution in [0.4, 0.5) is 11.4 Å². The molecule has 0 unspecified atom stereocenters. The average Bonchev–Trinajstić information content (AvgIpc) is 3.33. The lowest BCUT2D eigenvalue weighted by atomic mass is 10.1. The number of aromatic nitrogens is 3. The Morgan fingerprint density at radius 2 is 1.39 bits per heavy atom. The third-order valence-electron chi connectivity index (χ3n) is 7.19. The van der Waals surface area contributed by atoms with E-state index in [1.54, 1.807) is 27.7 Å². The number of nitrogens with zero attached hydrogens (tertiary/aromatic N) is 5. The van der Waals surface area contributed by atoms with Crippen molar-refractivity contribution in [3.05, 3.63) is 95.7 Å². The Bertz CT molecular complexity index is 1360. The number of benzene rings is 3. The van der Waals surface area contributed by atoms with Crippen LogP contribution in [0.2, 0.25) is 0 Å². The molecule has 0 radical (unpaired) electrons. The number of piperazine rings is 1. The minimum Gasteiger partial charge on any atom is -0.508 e. The number of ether oxygens (including phenoxy) is 1. The van der Waals surface area contributed by atoms with Crippen molar-refractivity contribution in [3.63, 3.8) is 0 Å². The standard InChI is InChI=1S/C30H35N5O3/c1-3-7-29(23(2)38-28-8-5-4-6-9-28)35-30(37)34(22-31-35)26-12-10-24(11-13-26)32-18-20-33(21-19-32)25-14-16-27(36)17-15-25/h4-6,8-17,22-23,29,36H,3,7,18-21H2,1-2H3/t23-,29+/m0/s1. The Labute approximate surface area is 223 Å². The lowest BCUT2D eigenvalue weighted by Crippen LogP contribution is -2.46. The van der Waals surface area contributed by atoms with Crippen molar-refractivity contribution in [2.75, 3.05) is 36.0 Å². The van der Waals surface area contributed by atoms with Gasteiger partial charge in [0, 0.05) is 37.6 Å². The Kier molecular flexibility index (Phi) is 7.67. The van der Waals surface area contributed by atoms with E-state index in [9.17, 15) is 9.90 Å². The number of anilines is 2. The molecule has 1 saturated heterocycles. The molecule has 0 saturated carbocycles. The summed E-state index contributed by atoms with van der Waals surface area (Å²) in [7, 11) is 0. The van der Waals surface area contributed by atoms with Crippen molar-refractivity contribution in [2.24, 2.45) is 0 Å². The Hall–Kier alpha value is -4.20. The van der Waals surface area contributed by atoms with Crippen molar-refractivity contribution in [1.82, 2.24) is 14.3 Å². The monoisotopic (exact) mass is 513 g/mol. The molecule has 1 N–H and O–H groups in total. The summed E-state index contributed by atoms with van der Waals surface area (Å²) >= 11 is 0. The van der Waals surface area contributed by atoms with E-state index < -0.39 is 0 Å². The van der Waals surface area contributed by atoms with Crippen LogP contribution in [0.3, 0.4) is 0 Å². The lowest BCUT2D eigenvalue weighted by molar-refractivity contribution is 0.137. The van der Waals surface area contributed by atoms with Crippen molar-refractivity contribution < 1.29 is 9.84 Å². The SMILES string of the molecule is CCC[C@H]([C@H](C)Oc1ccccc1)n1ncn(-c2ccc(N3CCN(c4ccc(O)cc4)CC3)cc2)c1=O. The molecule has 38 heavy (non-hydrogen) atoms. The van der Waals surface area contributed by atoms with Crippen LogP contribution in [0.5, 0.6) is 11.5 Å². The second kappa shape index (κ2) is 11.5. The molecule has 0 amide bonds. The summed E-state index contributed by atoms with van der Waals surface area (Å²) < 4.78 is 9.31. The second-order valence-corrected chi connectivity index (χ2v) is 9.73. The largest absolute Gasteiger partial charge is 0.508 e. The maximum atomic E-state index is 13.4.